The highest BCUT2D eigenvalue weighted by Gasteiger charge is 2.48. The zero-order valence-corrected chi connectivity index (χ0v) is 45.7. The van der Waals surface area contributed by atoms with Crippen LogP contribution in [-0.2, 0) is 28.9 Å². The van der Waals surface area contributed by atoms with Gasteiger partial charge in [-0.1, -0.05) is 250 Å². The van der Waals surface area contributed by atoms with E-state index < -0.39 is 59.9 Å². The molecule has 7 unspecified atom stereocenters. The van der Waals surface area contributed by atoms with Crippen LogP contribution in [0.25, 0.3) is 0 Å². The Morgan fingerprint density at radius 1 is 0.557 bits per heavy atom. The summed E-state index contributed by atoms with van der Waals surface area (Å²) in [6, 6.07) is -0.941. The van der Waals surface area contributed by atoms with Crippen LogP contribution in [0.15, 0.2) is 24.3 Å². The molecule has 1 amide bonds. The zero-order valence-electron chi connectivity index (χ0n) is 44.9. The van der Waals surface area contributed by atoms with Gasteiger partial charge in [-0.3, -0.25) is 9.35 Å². The highest BCUT2D eigenvalue weighted by molar-refractivity contribution is 7.80. The average molecular weight is 1020 g/mol. The van der Waals surface area contributed by atoms with Gasteiger partial charge in [0, 0.05) is 6.42 Å². The lowest BCUT2D eigenvalue weighted by Gasteiger charge is -2.41. The van der Waals surface area contributed by atoms with E-state index in [1.54, 1.807) is 6.08 Å². The summed E-state index contributed by atoms with van der Waals surface area (Å²) >= 11 is 0. The van der Waals surface area contributed by atoms with E-state index in [1.807, 2.05) is 6.08 Å². The maximum absolute atomic E-state index is 13.1. The van der Waals surface area contributed by atoms with E-state index in [0.717, 1.165) is 38.5 Å². The largest absolute Gasteiger partial charge is 0.397 e. The Morgan fingerprint density at radius 3 is 1.29 bits per heavy atom. The van der Waals surface area contributed by atoms with Crippen LogP contribution in [0.1, 0.15) is 277 Å². The monoisotopic (exact) mass is 1020 g/mol. The summed E-state index contributed by atoms with van der Waals surface area (Å²) in [4.78, 5) is 13.1. The number of rotatable bonds is 51. The van der Waals surface area contributed by atoms with Crippen LogP contribution in [0.4, 0.5) is 0 Å². The topological polar surface area (TPSA) is 192 Å². The number of amides is 1. The van der Waals surface area contributed by atoms with E-state index in [4.69, 9.17) is 9.47 Å². The summed E-state index contributed by atoms with van der Waals surface area (Å²) in [5, 5.41) is 44.8. The predicted octanol–water partition coefficient (Wildman–Crippen LogP) is 13.6. The fourth-order valence-electron chi connectivity index (χ4n) is 9.45. The Morgan fingerprint density at radius 2 is 0.914 bits per heavy atom. The van der Waals surface area contributed by atoms with Gasteiger partial charge in [0.2, 0.25) is 5.91 Å². The molecule has 1 fully saturated rings. The Labute approximate surface area is 429 Å². The zero-order chi connectivity index (χ0) is 51.2. The van der Waals surface area contributed by atoms with E-state index in [-0.39, 0.29) is 18.9 Å². The molecule has 70 heavy (non-hydrogen) atoms. The van der Waals surface area contributed by atoms with E-state index in [9.17, 15) is 38.2 Å². The summed E-state index contributed by atoms with van der Waals surface area (Å²) in [5.74, 6) is -0.260. The molecule has 13 heteroatoms. The maximum atomic E-state index is 13.1. The minimum absolute atomic E-state index is 0.260. The van der Waals surface area contributed by atoms with Crippen molar-refractivity contribution in [2.75, 3.05) is 13.2 Å². The number of carbonyl (C=O) groups is 1. The second-order valence-electron chi connectivity index (χ2n) is 20.6. The standard InChI is InChI=1S/C57H109NO11S/c1-3-5-7-9-11-13-15-16-17-18-19-20-21-22-23-24-25-26-27-28-29-30-31-32-33-34-35-37-39-41-43-45-47-53(61)58-50(51(60)46-44-42-40-38-36-14-12-10-8-6-4-2)49-67-57-55(63)56(69-70(64,65)66)54(62)52(48-59)68-57/h22-23,44,46,50-52,54-57,59-60,62-63H,3-21,24-43,45,47-49H2,1-2H3,(H,58,61)(H,64,65,66)/b23-22-,46-44+. The van der Waals surface area contributed by atoms with Crippen LogP contribution < -0.4 is 5.32 Å². The molecule has 0 radical (unpaired) electrons. The van der Waals surface area contributed by atoms with Crippen molar-refractivity contribution in [1.29, 1.82) is 0 Å². The Bertz CT molecular complexity index is 1330. The predicted molar refractivity (Wildman–Crippen MR) is 287 cm³/mol. The fraction of sp³-hybridized carbons (Fsp3) is 0.912. The number of unbranched alkanes of at least 4 members (excludes halogenated alkanes) is 37. The molecule has 0 saturated carbocycles. The van der Waals surface area contributed by atoms with Gasteiger partial charge in [0.15, 0.2) is 6.29 Å². The molecule has 1 aliphatic rings. The summed E-state index contributed by atoms with van der Waals surface area (Å²) in [6.45, 7) is 3.40. The summed E-state index contributed by atoms with van der Waals surface area (Å²) in [5.41, 5.74) is 0. The van der Waals surface area contributed by atoms with E-state index in [0.29, 0.717) is 6.42 Å². The van der Waals surface area contributed by atoms with E-state index in [1.165, 1.54) is 212 Å². The smallest absolute Gasteiger partial charge is 0.394 e. The SMILES string of the molecule is CCCCCCCCCCC/C=C/C(O)C(COC1OC(CO)C(O)C(OS(=O)(=O)O)C1O)NC(=O)CCCCCCCCCCCCCCCCCC/C=C\CCCCCCCCCCCCCC. The van der Waals surface area contributed by atoms with Crippen LogP contribution in [0.2, 0.25) is 0 Å². The molecule has 12 nitrogen and oxygen atoms in total. The molecule has 0 aromatic rings. The van der Waals surface area contributed by atoms with E-state index in [2.05, 4.69) is 35.5 Å². The first-order valence-electron chi connectivity index (χ1n) is 29.2. The summed E-state index contributed by atoms with van der Waals surface area (Å²) in [6.07, 6.45) is 49.7. The number of nitrogens with one attached hydrogen (secondary N) is 1. The first-order valence-corrected chi connectivity index (χ1v) is 30.6. The first-order chi connectivity index (χ1) is 34.0. The van der Waals surface area contributed by atoms with E-state index >= 15 is 0 Å². The van der Waals surface area contributed by atoms with Crippen molar-refractivity contribution in [3.05, 3.63) is 24.3 Å². The maximum Gasteiger partial charge on any atom is 0.397 e. The van der Waals surface area contributed by atoms with Crippen LogP contribution in [-0.4, -0.2) is 95.4 Å². The number of aliphatic hydroxyl groups is 4. The Kier molecular flexibility index (Phi) is 45.0. The van der Waals surface area contributed by atoms with Gasteiger partial charge in [-0.25, -0.2) is 4.18 Å². The van der Waals surface area contributed by atoms with Crippen LogP contribution in [0.5, 0.6) is 0 Å². The van der Waals surface area contributed by atoms with Gasteiger partial charge in [-0.2, -0.15) is 8.42 Å². The minimum atomic E-state index is -5.08. The number of aliphatic hydroxyl groups excluding tert-OH is 4. The van der Waals surface area contributed by atoms with Crippen molar-refractivity contribution in [3.63, 3.8) is 0 Å². The molecule has 0 spiro atoms. The lowest BCUT2D eigenvalue weighted by Crippen LogP contribution is -2.61. The number of hydrogen-bond acceptors (Lipinski definition) is 10. The third-order valence-corrected chi connectivity index (χ3v) is 14.4. The molecule has 0 aromatic carbocycles. The normalized spacial score (nSPS) is 19.7. The molecular formula is C57H109NO11S. The molecule has 1 heterocycles. The summed E-state index contributed by atoms with van der Waals surface area (Å²) in [7, 11) is -5.08. The lowest BCUT2D eigenvalue weighted by molar-refractivity contribution is -0.298. The highest BCUT2D eigenvalue weighted by Crippen LogP contribution is 2.26. The number of ether oxygens (including phenoxy) is 2. The minimum Gasteiger partial charge on any atom is -0.394 e. The molecule has 6 N–H and O–H groups in total. The molecule has 1 aliphatic heterocycles. The van der Waals surface area contributed by atoms with Gasteiger partial charge in [-0.15, -0.1) is 0 Å². The highest BCUT2D eigenvalue weighted by atomic mass is 32.3. The van der Waals surface area contributed by atoms with Crippen LogP contribution in [0.3, 0.4) is 0 Å². The van der Waals surface area contributed by atoms with Gasteiger partial charge in [0.1, 0.15) is 24.4 Å². The van der Waals surface area contributed by atoms with Crippen LogP contribution in [0, 0.1) is 0 Å². The van der Waals surface area contributed by atoms with Crippen molar-refractivity contribution < 1.29 is 51.8 Å². The first kappa shape index (κ1) is 66.6. The van der Waals surface area contributed by atoms with Gasteiger partial charge in [-0.05, 0) is 44.9 Å². The third kappa shape index (κ3) is 39.1. The molecule has 1 saturated heterocycles. The Hall–Kier alpha value is -1.42. The number of carbonyl (C=O) groups excluding carboxylic acids is 1. The number of allylic oxidation sites excluding steroid dienone is 3. The second kappa shape index (κ2) is 47.3. The quantitative estimate of drug-likeness (QED) is 0.0193. The van der Waals surface area contributed by atoms with Crippen molar-refractivity contribution >= 4 is 16.3 Å². The molecule has 414 valence electrons. The van der Waals surface area contributed by atoms with Gasteiger partial charge >= 0.3 is 10.4 Å². The van der Waals surface area contributed by atoms with Gasteiger partial charge in [0.25, 0.3) is 0 Å². The molecular weight excluding hydrogens is 907 g/mol. The molecule has 0 aliphatic carbocycles. The molecule has 1 rings (SSSR count). The number of hydrogen-bond donors (Lipinski definition) is 6. The van der Waals surface area contributed by atoms with Crippen LogP contribution >= 0.6 is 0 Å². The molecule has 0 aromatic heterocycles. The lowest BCUT2D eigenvalue weighted by atomic mass is 9.99. The molecule has 7 atom stereocenters. The molecule has 0 bridgehead atoms. The van der Waals surface area contributed by atoms with Crippen molar-refractivity contribution in [1.82, 2.24) is 5.32 Å². The second-order valence-corrected chi connectivity index (χ2v) is 21.6. The average Bonchev–Trinajstić information content (AvgIpc) is 3.33. The fourth-order valence-corrected chi connectivity index (χ4v) is 9.96. The van der Waals surface area contributed by atoms with Crippen molar-refractivity contribution in [2.24, 2.45) is 0 Å². The Balaban J connectivity index is 2.21. The third-order valence-electron chi connectivity index (χ3n) is 14.0. The van der Waals surface area contributed by atoms with Crippen molar-refractivity contribution in [2.45, 2.75) is 320 Å². The van der Waals surface area contributed by atoms with Crippen molar-refractivity contribution in [3.8, 4) is 0 Å². The van der Waals surface area contributed by atoms with Gasteiger partial charge in [0.05, 0.1) is 25.4 Å². The van der Waals surface area contributed by atoms with Gasteiger partial charge < -0.3 is 35.2 Å². The summed E-state index contributed by atoms with van der Waals surface area (Å²) < 4.78 is 47.7.